The molecule has 0 unspecified atom stereocenters. The van der Waals surface area contributed by atoms with E-state index < -0.39 is 10.0 Å². The largest absolute Gasteiger partial charge is 0.337 e. The fourth-order valence-corrected chi connectivity index (χ4v) is 4.77. The van der Waals surface area contributed by atoms with Crippen molar-refractivity contribution in [3.63, 3.8) is 0 Å². The molecule has 0 bridgehead atoms. The Labute approximate surface area is 141 Å². The molecule has 2 aromatic rings. The first-order valence-electron chi connectivity index (χ1n) is 5.80. The average Bonchev–Trinajstić information content (AvgIpc) is 2.73. The highest BCUT2D eigenvalue weighted by molar-refractivity contribution is 9.10. The van der Waals surface area contributed by atoms with Crippen LogP contribution in [0, 0.1) is 0 Å². The highest BCUT2D eigenvalue weighted by Crippen LogP contribution is 2.34. The molecule has 0 aliphatic heterocycles. The molecule has 0 aliphatic carbocycles. The summed E-state index contributed by atoms with van der Waals surface area (Å²) in [6.07, 6.45) is 3.35. The Morgan fingerprint density at radius 1 is 1.33 bits per heavy atom. The molecule has 0 aliphatic rings. The Morgan fingerprint density at radius 3 is 2.38 bits per heavy atom. The number of halogens is 3. The molecule has 1 heterocycles. The molecule has 1 aromatic carbocycles. The molecule has 21 heavy (non-hydrogen) atoms. The molecule has 0 atom stereocenters. The maximum atomic E-state index is 12.6. The van der Waals surface area contributed by atoms with Gasteiger partial charge in [0, 0.05) is 31.0 Å². The van der Waals surface area contributed by atoms with Crippen LogP contribution in [-0.2, 0) is 23.6 Å². The zero-order valence-electron chi connectivity index (χ0n) is 11.2. The van der Waals surface area contributed by atoms with Gasteiger partial charge < -0.3 is 4.57 Å². The third-order valence-electron chi connectivity index (χ3n) is 2.92. The van der Waals surface area contributed by atoms with Gasteiger partial charge in [-0.15, -0.1) is 0 Å². The topological polar surface area (TPSA) is 55.2 Å². The van der Waals surface area contributed by atoms with Crippen molar-refractivity contribution in [3.8, 4) is 0 Å². The predicted octanol–water partition coefficient (Wildman–Crippen LogP) is 3.31. The molecule has 1 aromatic heterocycles. The van der Waals surface area contributed by atoms with Crippen LogP contribution in [0.1, 0.15) is 5.82 Å². The lowest BCUT2D eigenvalue weighted by molar-refractivity contribution is 0.451. The van der Waals surface area contributed by atoms with Crippen molar-refractivity contribution in [1.82, 2.24) is 13.9 Å². The minimum absolute atomic E-state index is 0.0704. The average molecular weight is 413 g/mol. The van der Waals surface area contributed by atoms with Crippen molar-refractivity contribution in [2.24, 2.45) is 7.05 Å². The second-order valence-corrected chi connectivity index (χ2v) is 8.13. The molecule has 0 saturated heterocycles. The normalized spacial score (nSPS) is 12.1. The monoisotopic (exact) mass is 411 g/mol. The molecule has 0 spiro atoms. The fourth-order valence-electron chi connectivity index (χ4n) is 1.76. The van der Waals surface area contributed by atoms with Crippen molar-refractivity contribution in [2.75, 3.05) is 7.05 Å². The van der Waals surface area contributed by atoms with E-state index in [1.54, 1.807) is 24.0 Å². The third-order valence-corrected chi connectivity index (χ3v) is 6.10. The van der Waals surface area contributed by atoms with Crippen LogP contribution in [0.25, 0.3) is 0 Å². The van der Waals surface area contributed by atoms with Crippen molar-refractivity contribution in [1.29, 1.82) is 0 Å². The molecule has 9 heteroatoms. The van der Waals surface area contributed by atoms with Gasteiger partial charge in [0.05, 0.1) is 16.6 Å². The maximum Gasteiger partial charge on any atom is 0.246 e. The van der Waals surface area contributed by atoms with Crippen LogP contribution in [0.15, 0.2) is 33.9 Å². The third kappa shape index (κ3) is 3.43. The molecule has 0 N–H and O–H groups in total. The van der Waals surface area contributed by atoms with Crippen LogP contribution in [0.5, 0.6) is 0 Å². The molecule has 0 saturated carbocycles. The number of hydrogen-bond donors (Lipinski definition) is 0. The maximum absolute atomic E-state index is 12.6. The number of aryl methyl sites for hydroxylation is 1. The molecular formula is C12H12BrCl2N3O2S. The lowest BCUT2D eigenvalue weighted by atomic mass is 10.4. The first-order chi connectivity index (χ1) is 9.73. The van der Waals surface area contributed by atoms with Crippen LogP contribution < -0.4 is 0 Å². The summed E-state index contributed by atoms with van der Waals surface area (Å²) in [5.41, 5.74) is 0. The summed E-state index contributed by atoms with van der Waals surface area (Å²) in [4.78, 5) is 4.00. The fraction of sp³-hybridized carbons (Fsp3) is 0.250. The van der Waals surface area contributed by atoms with Gasteiger partial charge in [-0.1, -0.05) is 39.1 Å². The standard InChI is InChI=1S/C12H12BrCl2N3O2S/c1-17-4-3-16-11(17)7-18(2)21(19,20)12-9(14)5-8(13)6-10(12)15/h3-6H,7H2,1-2H3. The van der Waals surface area contributed by atoms with E-state index in [1.807, 2.05) is 0 Å². The van der Waals surface area contributed by atoms with Crippen LogP contribution in [-0.4, -0.2) is 29.3 Å². The summed E-state index contributed by atoms with van der Waals surface area (Å²) in [6.45, 7) is 0.120. The SMILES string of the molecule is CN(Cc1nccn1C)S(=O)(=O)c1c(Cl)cc(Br)cc1Cl. The van der Waals surface area contributed by atoms with Crippen LogP contribution in [0.4, 0.5) is 0 Å². The minimum Gasteiger partial charge on any atom is -0.337 e. The smallest absolute Gasteiger partial charge is 0.246 e. The number of sulfonamides is 1. The van der Waals surface area contributed by atoms with Crippen LogP contribution in [0.3, 0.4) is 0 Å². The Kier molecular flexibility index (Phi) is 4.99. The number of rotatable bonds is 4. The summed E-state index contributed by atoms with van der Waals surface area (Å²) in [5.74, 6) is 0.616. The highest BCUT2D eigenvalue weighted by atomic mass is 79.9. The first-order valence-corrected chi connectivity index (χ1v) is 8.79. The van der Waals surface area contributed by atoms with E-state index in [-0.39, 0.29) is 21.5 Å². The molecule has 2 rings (SSSR count). The Hall–Kier alpha value is -0.600. The molecule has 0 amide bonds. The van der Waals surface area contributed by atoms with Gasteiger partial charge in [0.1, 0.15) is 10.7 Å². The summed E-state index contributed by atoms with van der Waals surface area (Å²) in [6, 6.07) is 2.99. The highest BCUT2D eigenvalue weighted by Gasteiger charge is 2.27. The lowest BCUT2D eigenvalue weighted by Gasteiger charge is -2.18. The van der Waals surface area contributed by atoms with Gasteiger partial charge in [-0.25, -0.2) is 13.4 Å². The Balaban J connectivity index is 2.40. The molecular weight excluding hydrogens is 401 g/mol. The zero-order valence-corrected chi connectivity index (χ0v) is 15.1. The number of imidazole rings is 1. The number of hydrogen-bond acceptors (Lipinski definition) is 3. The Bertz CT molecular complexity index is 754. The van der Waals surface area contributed by atoms with Gasteiger partial charge in [0.15, 0.2) is 0 Å². The number of benzene rings is 1. The predicted molar refractivity (Wildman–Crippen MR) is 86.0 cm³/mol. The van der Waals surface area contributed by atoms with Crippen molar-refractivity contribution in [3.05, 3.63) is 44.9 Å². The van der Waals surface area contributed by atoms with Gasteiger partial charge in [-0.3, -0.25) is 0 Å². The van der Waals surface area contributed by atoms with Crippen molar-refractivity contribution < 1.29 is 8.42 Å². The van der Waals surface area contributed by atoms with Crippen molar-refractivity contribution >= 4 is 49.2 Å². The van der Waals surface area contributed by atoms with Crippen LogP contribution in [0.2, 0.25) is 10.0 Å². The summed E-state index contributed by atoms with van der Waals surface area (Å²) in [5, 5.41) is 0.141. The number of aromatic nitrogens is 2. The van der Waals surface area contributed by atoms with E-state index in [4.69, 9.17) is 23.2 Å². The van der Waals surface area contributed by atoms with E-state index in [2.05, 4.69) is 20.9 Å². The minimum atomic E-state index is -3.81. The summed E-state index contributed by atoms with van der Waals surface area (Å²) < 4.78 is 28.8. The zero-order chi connectivity index (χ0) is 15.8. The van der Waals surface area contributed by atoms with E-state index in [9.17, 15) is 8.42 Å². The molecule has 5 nitrogen and oxygen atoms in total. The Morgan fingerprint density at radius 2 is 1.90 bits per heavy atom. The molecule has 0 fully saturated rings. The quantitative estimate of drug-likeness (QED) is 0.773. The number of nitrogens with zero attached hydrogens (tertiary/aromatic N) is 3. The second kappa shape index (κ2) is 6.26. The summed E-state index contributed by atoms with van der Waals surface area (Å²) in [7, 11) is -0.564. The second-order valence-electron chi connectivity index (χ2n) is 4.41. The van der Waals surface area contributed by atoms with E-state index in [0.29, 0.717) is 10.3 Å². The van der Waals surface area contributed by atoms with Gasteiger partial charge in [-0.05, 0) is 12.1 Å². The van der Waals surface area contributed by atoms with E-state index in [0.717, 1.165) is 4.31 Å². The van der Waals surface area contributed by atoms with Gasteiger partial charge >= 0.3 is 0 Å². The van der Waals surface area contributed by atoms with E-state index in [1.165, 1.54) is 19.2 Å². The van der Waals surface area contributed by atoms with Gasteiger partial charge in [-0.2, -0.15) is 4.31 Å². The lowest BCUT2D eigenvalue weighted by Crippen LogP contribution is -2.28. The molecule has 0 radical (unpaired) electrons. The van der Waals surface area contributed by atoms with Gasteiger partial charge in [0.2, 0.25) is 10.0 Å². The van der Waals surface area contributed by atoms with Gasteiger partial charge in [0.25, 0.3) is 0 Å². The first kappa shape index (κ1) is 16.8. The molecule has 114 valence electrons. The van der Waals surface area contributed by atoms with Crippen LogP contribution >= 0.6 is 39.1 Å². The summed E-state index contributed by atoms with van der Waals surface area (Å²) >= 11 is 15.3. The van der Waals surface area contributed by atoms with Crippen molar-refractivity contribution in [2.45, 2.75) is 11.4 Å². The van der Waals surface area contributed by atoms with E-state index >= 15 is 0 Å².